The van der Waals surface area contributed by atoms with E-state index in [1.54, 1.807) is 0 Å². The minimum atomic E-state index is 0.432. The highest BCUT2D eigenvalue weighted by Crippen LogP contribution is 2.29. The number of likely N-dealkylation sites (tertiary alicyclic amines) is 1. The van der Waals surface area contributed by atoms with E-state index in [1.807, 2.05) is 11.3 Å². The Bertz CT molecular complexity index is 347. The molecular weight excluding hydrogens is 296 g/mol. The van der Waals surface area contributed by atoms with Crippen molar-refractivity contribution in [1.29, 1.82) is 0 Å². The summed E-state index contributed by atoms with van der Waals surface area (Å²) >= 11 is 5.42. The number of thiophene rings is 1. The third-order valence-electron chi connectivity index (χ3n) is 3.30. The Labute approximate surface area is 117 Å². The lowest BCUT2D eigenvalue weighted by atomic mass is 10.2. The zero-order valence-electron chi connectivity index (χ0n) is 10.6. The second-order valence-corrected chi connectivity index (χ2v) is 6.73. The number of hydrogen-bond donors (Lipinski definition) is 1. The van der Waals surface area contributed by atoms with Crippen LogP contribution in [-0.4, -0.2) is 30.6 Å². The summed E-state index contributed by atoms with van der Waals surface area (Å²) in [5.41, 5.74) is 0. The first kappa shape index (κ1) is 13.5. The quantitative estimate of drug-likeness (QED) is 0.892. The third-order valence-corrected chi connectivity index (χ3v) is 5.36. The van der Waals surface area contributed by atoms with Crippen molar-refractivity contribution in [2.75, 3.05) is 19.6 Å². The van der Waals surface area contributed by atoms with Crippen LogP contribution in [0.5, 0.6) is 0 Å². The Morgan fingerprint density at radius 2 is 2.12 bits per heavy atom. The monoisotopic (exact) mass is 316 g/mol. The zero-order chi connectivity index (χ0) is 12.3. The van der Waals surface area contributed by atoms with Gasteiger partial charge < -0.3 is 10.2 Å². The van der Waals surface area contributed by atoms with Gasteiger partial charge in [0.15, 0.2) is 0 Å². The summed E-state index contributed by atoms with van der Waals surface area (Å²) in [4.78, 5) is 3.96. The molecule has 2 nitrogen and oxygen atoms in total. The molecule has 0 spiro atoms. The third kappa shape index (κ3) is 3.78. The van der Waals surface area contributed by atoms with Crippen LogP contribution in [0.4, 0.5) is 0 Å². The second kappa shape index (κ2) is 6.32. The molecule has 0 aromatic carbocycles. The maximum Gasteiger partial charge on any atom is 0.0400 e. The van der Waals surface area contributed by atoms with Gasteiger partial charge in [-0.3, -0.25) is 0 Å². The molecule has 2 heterocycles. The Kier molecular flexibility index (Phi) is 5.03. The SMILES string of the molecule is CC(CN1CCCC1)NC(C)c1sccc1Br. The fourth-order valence-corrected chi connectivity index (χ4v) is 4.26. The molecule has 0 amide bonds. The van der Waals surface area contributed by atoms with Crippen LogP contribution < -0.4 is 5.32 Å². The molecule has 1 aromatic heterocycles. The zero-order valence-corrected chi connectivity index (χ0v) is 13.0. The van der Waals surface area contributed by atoms with E-state index in [1.165, 1.54) is 41.8 Å². The molecule has 1 fully saturated rings. The van der Waals surface area contributed by atoms with E-state index in [0.29, 0.717) is 12.1 Å². The summed E-state index contributed by atoms with van der Waals surface area (Å²) in [5, 5.41) is 5.83. The van der Waals surface area contributed by atoms with Crippen LogP contribution >= 0.6 is 27.3 Å². The van der Waals surface area contributed by atoms with Gasteiger partial charge in [-0.05, 0) is 67.2 Å². The summed E-state index contributed by atoms with van der Waals surface area (Å²) in [5.74, 6) is 0. The normalized spacial score (nSPS) is 20.6. The number of rotatable bonds is 5. The lowest BCUT2D eigenvalue weighted by Gasteiger charge is -2.24. The average Bonchev–Trinajstić information content (AvgIpc) is 2.88. The molecular formula is C13H21BrN2S. The van der Waals surface area contributed by atoms with Gasteiger partial charge in [-0.15, -0.1) is 11.3 Å². The van der Waals surface area contributed by atoms with E-state index >= 15 is 0 Å². The van der Waals surface area contributed by atoms with Gasteiger partial charge >= 0.3 is 0 Å². The maximum absolute atomic E-state index is 3.69. The van der Waals surface area contributed by atoms with Gasteiger partial charge in [-0.1, -0.05) is 0 Å². The van der Waals surface area contributed by atoms with Crippen LogP contribution in [0.1, 0.15) is 37.6 Å². The Balaban J connectivity index is 1.81. The van der Waals surface area contributed by atoms with Gasteiger partial charge in [0.1, 0.15) is 0 Å². The largest absolute Gasteiger partial charge is 0.306 e. The number of nitrogens with zero attached hydrogens (tertiary/aromatic N) is 1. The van der Waals surface area contributed by atoms with Crippen LogP contribution in [-0.2, 0) is 0 Å². The molecule has 1 aliphatic rings. The summed E-state index contributed by atoms with van der Waals surface area (Å²) in [6.45, 7) is 8.27. The highest BCUT2D eigenvalue weighted by molar-refractivity contribution is 9.10. The van der Waals surface area contributed by atoms with Crippen molar-refractivity contribution in [1.82, 2.24) is 10.2 Å². The van der Waals surface area contributed by atoms with Crippen LogP contribution in [0.2, 0.25) is 0 Å². The van der Waals surface area contributed by atoms with Gasteiger partial charge in [0.2, 0.25) is 0 Å². The van der Waals surface area contributed by atoms with E-state index in [4.69, 9.17) is 0 Å². The number of nitrogens with one attached hydrogen (secondary N) is 1. The standard InChI is InChI=1S/C13H21BrN2S/c1-10(9-16-6-3-4-7-16)15-11(2)13-12(14)5-8-17-13/h5,8,10-11,15H,3-4,6-7,9H2,1-2H3. The van der Waals surface area contributed by atoms with Gasteiger partial charge in [0, 0.05) is 28.0 Å². The van der Waals surface area contributed by atoms with Crippen molar-refractivity contribution in [2.45, 2.75) is 38.8 Å². The van der Waals surface area contributed by atoms with Crippen LogP contribution in [0.15, 0.2) is 15.9 Å². The molecule has 1 saturated heterocycles. The van der Waals surface area contributed by atoms with Gasteiger partial charge in [-0.25, -0.2) is 0 Å². The number of hydrogen-bond acceptors (Lipinski definition) is 3. The fraction of sp³-hybridized carbons (Fsp3) is 0.692. The smallest absolute Gasteiger partial charge is 0.0400 e. The predicted molar refractivity (Wildman–Crippen MR) is 78.7 cm³/mol. The molecule has 1 N–H and O–H groups in total. The van der Waals surface area contributed by atoms with Crippen LogP contribution in [0.25, 0.3) is 0 Å². The van der Waals surface area contributed by atoms with Crippen LogP contribution in [0, 0.1) is 0 Å². The van der Waals surface area contributed by atoms with Crippen molar-refractivity contribution >= 4 is 27.3 Å². The first-order chi connectivity index (χ1) is 8.16. The molecule has 96 valence electrons. The van der Waals surface area contributed by atoms with E-state index in [0.717, 1.165) is 0 Å². The van der Waals surface area contributed by atoms with E-state index in [-0.39, 0.29) is 0 Å². The Hall–Kier alpha value is 0.100. The summed E-state index contributed by atoms with van der Waals surface area (Å²) in [6.07, 6.45) is 2.75. The van der Waals surface area contributed by atoms with Crippen molar-refractivity contribution < 1.29 is 0 Å². The first-order valence-corrected chi connectivity index (χ1v) is 8.05. The van der Waals surface area contributed by atoms with Crippen molar-refractivity contribution in [3.05, 3.63) is 20.8 Å². The molecule has 1 aromatic rings. The van der Waals surface area contributed by atoms with Gasteiger partial charge in [0.25, 0.3) is 0 Å². The van der Waals surface area contributed by atoms with Crippen molar-refractivity contribution in [3.8, 4) is 0 Å². The molecule has 0 saturated carbocycles. The first-order valence-electron chi connectivity index (χ1n) is 6.38. The second-order valence-electron chi connectivity index (χ2n) is 4.93. The minimum Gasteiger partial charge on any atom is -0.306 e. The molecule has 2 unspecified atom stereocenters. The minimum absolute atomic E-state index is 0.432. The predicted octanol–water partition coefficient (Wildman–Crippen LogP) is 3.65. The molecule has 2 rings (SSSR count). The molecule has 0 aliphatic carbocycles. The maximum atomic E-state index is 3.69. The highest BCUT2D eigenvalue weighted by Gasteiger charge is 2.17. The van der Waals surface area contributed by atoms with E-state index in [2.05, 4.69) is 51.4 Å². The summed E-state index contributed by atoms with van der Waals surface area (Å²) in [7, 11) is 0. The molecule has 0 radical (unpaired) electrons. The lowest BCUT2D eigenvalue weighted by Crippen LogP contribution is -2.38. The molecule has 2 atom stereocenters. The van der Waals surface area contributed by atoms with Gasteiger partial charge in [-0.2, -0.15) is 0 Å². The molecule has 17 heavy (non-hydrogen) atoms. The molecule has 1 aliphatic heterocycles. The summed E-state index contributed by atoms with van der Waals surface area (Å²) in [6, 6.07) is 3.11. The average molecular weight is 317 g/mol. The Morgan fingerprint density at radius 1 is 1.41 bits per heavy atom. The Morgan fingerprint density at radius 3 is 2.71 bits per heavy atom. The fourth-order valence-electron chi connectivity index (χ4n) is 2.52. The van der Waals surface area contributed by atoms with Gasteiger partial charge in [0.05, 0.1) is 0 Å². The van der Waals surface area contributed by atoms with Crippen molar-refractivity contribution in [3.63, 3.8) is 0 Å². The van der Waals surface area contributed by atoms with E-state index in [9.17, 15) is 0 Å². The number of halogens is 1. The van der Waals surface area contributed by atoms with Crippen molar-refractivity contribution in [2.24, 2.45) is 0 Å². The molecule has 4 heteroatoms. The van der Waals surface area contributed by atoms with E-state index < -0.39 is 0 Å². The van der Waals surface area contributed by atoms with Crippen LogP contribution in [0.3, 0.4) is 0 Å². The topological polar surface area (TPSA) is 15.3 Å². The molecule has 0 bridgehead atoms. The highest BCUT2D eigenvalue weighted by atomic mass is 79.9. The summed E-state index contributed by atoms with van der Waals surface area (Å²) < 4.78 is 1.23. The lowest BCUT2D eigenvalue weighted by molar-refractivity contribution is 0.289.